The molecule has 0 spiro atoms. The number of ether oxygens (including phenoxy) is 1. The van der Waals surface area contributed by atoms with Gasteiger partial charge in [0.1, 0.15) is 0 Å². The molecule has 2 aromatic rings. The number of hydrogen-bond acceptors (Lipinski definition) is 6. The number of esters is 1. The van der Waals surface area contributed by atoms with Crippen molar-refractivity contribution in [2.45, 2.75) is 20.3 Å². The zero-order valence-corrected chi connectivity index (χ0v) is 19.5. The summed E-state index contributed by atoms with van der Waals surface area (Å²) in [7, 11) is -4.67. The molecule has 3 N–H and O–H groups in total. The fourth-order valence-electron chi connectivity index (χ4n) is 2.51. The van der Waals surface area contributed by atoms with Crippen LogP contribution in [0.3, 0.4) is 0 Å². The molecule has 0 atom stereocenters. The molecule has 0 radical (unpaired) electrons. The van der Waals surface area contributed by atoms with E-state index in [2.05, 4.69) is 40.0 Å². The fraction of sp³-hybridized carbons (Fsp3) is 0.300. The second kappa shape index (κ2) is 13.1. The number of nitrogens with one attached hydrogen (secondary N) is 1. The first kappa shape index (κ1) is 26.6. The highest BCUT2D eigenvalue weighted by Crippen LogP contribution is 2.17. The van der Waals surface area contributed by atoms with Crippen LogP contribution in [0.4, 0.5) is 11.4 Å². The summed E-state index contributed by atoms with van der Waals surface area (Å²) in [5.74, 6) is -0.788. The van der Waals surface area contributed by atoms with Gasteiger partial charge in [0.25, 0.3) is 5.91 Å². The highest BCUT2D eigenvalue weighted by Gasteiger charge is 2.09. The molecule has 0 aliphatic carbocycles. The van der Waals surface area contributed by atoms with Gasteiger partial charge in [0.05, 0.1) is 6.42 Å². The number of rotatable bonds is 8. The predicted octanol–water partition coefficient (Wildman–Crippen LogP) is 3.37. The van der Waals surface area contributed by atoms with E-state index in [0.29, 0.717) is 5.69 Å². The van der Waals surface area contributed by atoms with Crippen molar-refractivity contribution >= 4 is 49.6 Å². The van der Waals surface area contributed by atoms with Crippen LogP contribution < -0.4 is 10.2 Å². The number of halogens is 1. The predicted molar refractivity (Wildman–Crippen MR) is 122 cm³/mol. The molecule has 2 aromatic carbocycles. The van der Waals surface area contributed by atoms with Crippen LogP contribution in [0.2, 0.25) is 0 Å². The average Bonchev–Trinajstić information content (AvgIpc) is 2.69. The lowest BCUT2D eigenvalue weighted by molar-refractivity contribution is -0.146. The maximum absolute atomic E-state index is 11.9. The molecular weight excluding hydrogens is 492 g/mol. The third kappa shape index (κ3) is 12.1. The Morgan fingerprint density at radius 1 is 1.00 bits per heavy atom. The van der Waals surface area contributed by atoms with E-state index in [1.54, 1.807) is 0 Å². The Labute approximate surface area is 190 Å². The fourth-order valence-corrected chi connectivity index (χ4v) is 2.77. The van der Waals surface area contributed by atoms with Crippen molar-refractivity contribution in [1.29, 1.82) is 0 Å². The molecule has 9 nitrogen and oxygen atoms in total. The lowest BCUT2D eigenvalue weighted by Gasteiger charge is -2.21. The van der Waals surface area contributed by atoms with Gasteiger partial charge in [-0.3, -0.25) is 18.7 Å². The van der Waals surface area contributed by atoms with Crippen LogP contribution in [0.5, 0.6) is 0 Å². The minimum Gasteiger partial charge on any atom is -0.455 e. The Hall–Kier alpha value is -2.47. The highest BCUT2D eigenvalue weighted by molar-refractivity contribution is 9.10. The molecule has 0 saturated heterocycles. The summed E-state index contributed by atoms with van der Waals surface area (Å²) in [6.45, 7) is 5.75. The van der Waals surface area contributed by atoms with E-state index in [4.69, 9.17) is 22.3 Å². The van der Waals surface area contributed by atoms with E-state index in [1.807, 2.05) is 48.5 Å². The minimum absolute atomic E-state index is 0.138. The number of carbonyl (C=O) groups is 2. The molecule has 0 aliphatic heterocycles. The lowest BCUT2D eigenvalue weighted by Crippen LogP contribution is -2.22. The third-order valence-corrected chi connectivity index (χ3v) is 4.43. The molecule has 0 aromatic heterocycles. The molecule has 31 heavy (non-hydrogen) atoms. The zero-order chi connectivity index (χ0) is 23.4. The largest absolute Gasteiger partial charge is 0.455 e. The zero-order valence-electron chi connectivity index (χ0n) is 17.1. The summed E-state index contributed by atoms with van der Waals surface area (Å²) < 4.78 is 37.6. The van der Waals surface area contributed by atoms with Crippen LogP contribution in [0, 0.1) is 0 Å². The quantitative estimate of drug-likeness (QED) is 0.359. The minimum atomic E-state index is -4.67. The van der Waals surface area contributed by atoms with E-state index in [-0.39, 0.29) is 18.9 Å². The average molecular weight is 517 g/mol. The van der Waals surface area contributed by atoms with Crippen LogP contribution in [0.25, 0.3) is 0 Å². The number of nitrogens with zero attached hydrogens (tertiary/aromatic N) is 1. The van der Waals surface area contributed by atoms with Crippen molar-refractivity contribution in [3.63, 3.8) is 0 Å². The Morgan fingerprint density at radius 3 is 2.00 bits per heavy atom. The Bertz CT molecular complexity index is 936. The molecule has 0 aliphatic rings. The van der Waals surface area contributed by atoms with E-state index < -0.39 is 16.4 Å². The van der Waals surface area contributed by atoms with Gasteiger partial charge in [0, 0.05) is 28.9 Å². The van der Waals surface area contributed by atoms with Crippen LogP contribution in [-0.2, 0) is 31.1 Å². The van der Waals surface area contributed by atoms with Gasteiger partial charge in [0.15, 0.2) is 6.61 Å². The lowest BCUT2D eigenvalue weighted by atomic mass is 10.2. The summed E-state index contributed by atoms with van der Waals surface area (Å²) in [4.78, 5) is 26.0. The highest BCUT2D eigenvalue weighted by atomic mass is 79.9. The molecule has 0 fully saturated rings. The first-order valence-electron chi connectivity index (χ1n) is 9.26. The Kier molecular flexibility index (Phi) is 11.2. The second-order valence-electron chi connectivity index (χ2n) is 6.18. The Balaban J connectivity index is 0.000000861. The number of anilines is 2. The third-order valence-electron chi connectivity index (χ3n) is 3.91. The monoisotopic (exact) mass is 516 g/mol. The maximum Gasteiger partial charge on any atom is 0.394 e. The molecule has 0 unspecified atom stereocenters. The molecule has 0 heterocycles. The summed E-state index contributed by atoms with van der Waals surface area (Å²) in [5, 5.41) is 2.73. The summed E-state index contributed by atoms with van der Waals surface area (Å²) in [5.41, 5.74) is 2.62. The number of hydrogen-bond donors (Lipinski definition) is 3. The van der Waals surface area contributed by atoms with E-state index in [0.717, 1.165) is 28.8 Å². The van der Waals surface area contributed by atoms with Crippen molar-refractivity contribution in [3.8, 4) is 0 Å². The van der Waals surface area contributed by atoms with E-state index in [1.165, 1.54) is 0 Å². The van der Waals surface area contributed by atoms with Gasteiger partial charge >= 0.3 is 16.4 Å². The number of benzene rings is 2. The van der Waals surface area contributed by atoms with Crippen molar-refractivity contribution < 1.29 is 31.8 Å². The van der Waals surface area contributed by atoms with Crippen LogP contribution >= 0.6 is 15.9 Å². The topological polar surface area (TPSA) is 133 Å². The first-order valence-corrected chi connectivity index (χ1v) is 11.5. The van der Waals surface area contributed by atoms with Gasteiger partial charge in [0.2, 0.25) is 0 Å². The van der Waals surface area contributed by atoms with Gasteiger partial charge in [-0.1, -0.05) is 28.1 Å². The van der Waals surface area contributed by atoms with Crippen LogP contribution in [0.1, 0.15) is 19.4 Å². The summed E-state index contributed by atoms with van der Waals surface area (Å²) in [6.07, 6.45) is 0.138. The van der Waals surface area contributed by atoms with Crippen molar-refractivity contribution in [2.75, 3.05) is 29.9 Å². The SMILES string of the molecule is CCN(CC)c1ccc(NC(=O)COC(=O)Cc2ccc(Br)cc2)cc1.O=S(=O)(O)O. The normalized spacial score (nSPS) is 10.5. The molecule has 0 bridgehead atoms. The summed E-state index contributed by atoms with van der Waals surface area (Å²) >= 11 is 3.34. The smallest absolute Gasteiger partial charge is 0.394 e. The molecule has 0 saturated carbocycles. The molecule has 170 valence electrons. The van der Waals surface area contributed by atoms with Gasteiger partial charge in [-0.05, 0) is 55.8 Å². The number of amides is 1. The second-order valence-corrected chi connectivity index (χ2v) is 7.99. The van der Waals surface area contributed by atoms with Gasteiger partial charge < -0.3 is 15.0 Å². The van der Waals surface area contributed by atoms with Crippen molar-refractivity contribution in [1.82, 2.24) is 0 Å². The van der Waals surface area contributed by atoms with E-state index in [9.17, 15) is 9.59 Å². The van der Waals surface area contributed by atoms with Gasteiger partial charge in [-0.2, -0.15) is 8.42 Å². The first-order chi connectivity index (χ1) is 14.5. The molecule has 2 rings (SSSR count). The van der Waals surface area contributed by atoms with Gasteiger partial charge in [-0.25, -0.2) is 0 Å². The Morgan fingerprint density at radius 2 is 1.52 bits per heavy atom. The van der Waals surface area contributed by atoms with Crippen molar-refractivity contribution in [3.05, 3.63) is 58.6 Å². The molecular formula is C20H25BrN2O7S. The molecule has 1 amide bonds. The van der Waals surface area contributed by atoms with Crippen molar-refractivity contribution in [2.24, 2.45) is 0 Å². The van der Waals surface area contributed by atoms with Crippen LogP contribution in [-0.4, -0.2) is 49.1 Å². The molecule has 11 heteroatoms. The number of carbonyl (C=O) groups excluding carboxylic acids is 2. The maximum atomic E-state index is 11.9. The summed E-state index contributed by atoms with van der Waals surface area (Å²) in [6, 6.07) is 15.0. The standard InChI is InChI=1S/C20H23BrN2O3.H2O4S/c1-3-23(4-2)18-11-9-17(10-12-18)22-19(24)14-26-20(25)13-15-5-7-16(21)8-6-15;1-5(2,3)4/h5-12H,3-4,13-14H2,1-2H3,(H,22,24);(H2,1,2,3,4). The van der Waals surface area contributed by atoms with E-state index >= 15 is 0 Å². The van der Waals surface area contributed by atoms with Gasteiger partial charge in [-0.15, -0.1) is 0 Å². The van der Waals surface area contributed by atoms with Crippen LogP contribution in [0.15, 0.2) is 53.0 Å².